The van der Waals surface area contributed by atoms with E-state index in [4.69, 9.17) is 4.42 Å². The Morgan fingerprint density at radius 1 is 1.45 bits per heavy atom. The first-order chi connectivity index (χ1) is 9.84. The standard InChI is InChI=1S/C15H22N4O/c1-12-13(10-17-18-12)9-16-11-14(15-5-4-8-20-15)19-6-2-3-7-19/h4-5,8,10,14,16H,2-3,6-7,9,11H2,1H3,(H,17,18)/t14-/m0/s1. The van der Waals surface area contributed by atoms with Gasteiger partial charge in [-0.15, -0.1) is 0 Å². The number of hydrogen-bond acceptors (Lipinski definition) is 4. The van der Waals surface area contributed by atoms with E-state index < -0.39 is 0 Å². The minimum atomic E-state index is 0.333. The molecule has 0 unspecified atom stereocenters. The first-order valence-electron chi connectivity index (χ1n) is 7.31. The van der Waals surface area contributed by atoms with Crippen molar-refractivity contribution in [3.8, 4) is 0 Å². The summed E-state index contributed by atoms with van der Waals surface area (Å²) < 4.78 is 5.62. The van der Waals surface area contributed by atoms with Crippen molar-refractivity contribution in [2.24, 2.45) is 0 Å². The molecular formula is C15H22N4O. The van der Waals surface area contributed by atoms with E-state index in [9.17, 15) is 0 Å². The van der Waals surface area contributed by atoms with Crippen LogP contribution in [0.4, 0.5) is 0 Å². The number of rotatable bonds is 6. The number of hydrogen-bond donors (Lipinski definition) is 2. The van der Waals surface area contributed by atoms with E-state index in [1.807, 2.05) is 12.3 Å². The van der Waals surface area contributed by atoms with Crippen LogP contribution in [-0.4, -0.2) is 34.7 Å². The van der Waals surface area contributed by atoms with Gasteiger partial charge in [0.05, 0.1) is 18.5 Å². The molecule has 1 aliphatic heterocycles. The van der Waals surface area contributed by atoms with Gasteiger partial charge in [0, 0.05) is 24.3 Å². The summed E-state index contributed by atoms with van der Waals surface area (Å²) in [6, 6.07) is 4.38. The highest BCUT2D eigenvalue weighted by Gasteiger charge is 2.25. The smallest absolute Gasteiger partial charge is 0.122 e. The second kappa shape index (κ2) is 6.24. The third kappa shape index (κ3) is 2.94. The number of H-pyrrole nitrogens is 1. The highest BCUT2D eigenvalue weighted by atomic mass is 16.3. The van der Waals surface area contributed by atoms with Crippen molar-refractivity contribution in [1.29, 1.82) is 0 Å². The number of nitrogens with one attached hydrogen (secondary N) is 2. The molecule has 0 spiro atoms. The van der Waals surface area contributed by atoms with E-state index in [1.54, 1.807) is 6.26 Å². The van der Waals surface area contributed by atoms with E-state index in [0.29, 0.717) is 6.04 Å². The van der Waals surface area contributed by atoms with Gasteiger partial charge in [0.1, 0.15) is 5.76 Å². The first-order valence-corrected chi connectivity index (χ1v) is 7.31. The van der Waals surface area contributed by atoms with Gasteiger partial charge in [0.25, 0.3) is 0 Å². The maximum absolute atomic E-state index is 5.62. The fourth-order valence-corrected chi connectivity index (χ4v) is 2.84. The molecule has 2 aromatic heterocycles. The topological polar surface area (TPSA) is 57.1 Å². The summed E-state index contributed by atoms with van der Waals surface area (Å²) in [5.41, 5.74) is 2.36. The molecule has 0 aromatic carbocycles. The predicted octanol–water partition coefficient (Wildman–Crippen LogP) is 2.24. The summed E-state index contributed by atoms with van der Waals surface area (Å²) in [4.78, 5) is 2.51. The molecule has 20 heavy (non-hydrogen) atoms. The van der Waals surface area contributed by atoms with Gasteiger partial charge in [-0.25, -0.2) is 0 Å². The van der Waals surface area contributed by atoms with Crippen LogP contribution in [0, 0.1) is 6.92 Å². The van der Waals surface area contributed by atoms with Crippen LogP contribution < -0.4 is 5.32 Å². The van der Waals surface area contributed by atoms with Gasteiger partial charge in [-0.2, -0.15) is 5.10 Å². The highest BCUT2D eigenvalue weighted by molar-refractivity contribution is 5.14. The lowest BCUT2D eigenvalue weighted by Crippen LogP contribution is -2.33. The van der Waals surface area contributed by atoms with Gasteiger partial charge in [-0.1, -0.05) is 0 Å². The van der Waals surface area contributed by atoms with Crippen molar-refractivity contribution in [3.05, 3.63) is 41.6 Å². The quantitative estimate of drug-likeness (QED) is 0.848. The summed E-state index contributed by atoms with van der Waals surface area (Å²) in [6.45, 7) is 6.12. The number of aromatic nitrogens is 2. The number of furan rings is 1. The number of nitrogens with zero attached hydrogens (tertiary/aromatic N) is 2. The summed E-state index contributed by atoms with van der Waals surface area (Å²) in [5.74, 6) is 1.06. The van der Waals surface area contributed by atoms with Crippen molar-refractivity contribution in [1.82, 2.24) is 20.4 Å². The predicted molar refractivity (Wildman–Crippen MR) is 77.3 cm³/mol. The SMILES string of the molecule is Cc1[nH]ncc1CNC[C@@H](c1ccco1)N1CCCC1. The summed E-state index contributed by atoms with van der Waals surface area (Å²) >= 11 is 0. The Morgan fingerprint density at radius 2 is 2.30 bits per heavy atom. The van der Waals surface area contributed by atoms with Gasteiger partial charge < -0.3 is 9.73 Å². The third-order valence-corrected chi connectivity index (χ3v) is 4.04. The number of aryl methyl sites for hydroxylation is 1. The monoisotopic (exact) mass is 274 g/mol. The minimum Gasteiger partial charge on any atom is -0.468 e. The second-order valence-electron chi connectivity index (χ2n) is 5.43. The molecule has 5 nitrogen and oxygen atoms in total. The zero-order valence-electron chi connectivity index (χ0n) is 11.9. The van der Waals surface area contributed by atoms with Crippen LogP contribution in [-0.2, 0) is 6.54 Å². The van der Waals surface area contributed by atoms with Gasteiger partial charge in [0.2, 0.25) is 0 Å². The fourth-order valence-electron chi connectivity index (χ4n) is 2.84. The molecule has 0 saturated carbocycles. The zero-order valence-corrected chi connectivity index (χ0v) is 11.9. The molecule has 2 aromatic rings. The fraction of sp³-hybridized carbons (Fsp3) is 0.533. The maximum atomic E-state index is 5.62. The second-order valence-corrected chi connectivity index (χ2v) is 5.43. The molecule has 1 fully saturated rings. The zero-order chi connectivity index (χ0) is 13.8. The lowest BCUT2D eigenvalue weighted by molar-refractivity contribution is 0.209. The lowest BCUT2D eigenvalue weighted by atomic mass is 10.2. The van der Waals surface area contributed by atoms with Gasteiger partial charge >= 0.3 is 0 Å². The van der Waals surface area contributed by atoms with Crippen LogP contribution in [0.5, 0.6) is 0 Å². The Labute approximate surface area is 119 Å². The van der Waals surface area contributed by atoms with Crippen LogP contribution in [0.3, 0.4) is 0 Å². The van der Waals surface area contributed by atoms with E-state index in [2.05, 4.69) is 33.4 Å². The molecule has 3 rings (SSSR count). The molecule has 0 aliphatic carbocycles. The van der Waals surface area contributed by atoms with Crippen LogP contribution in [0.15, 0.2) is 29.0 Å². The average molecular weight is 274 g/mol. The van der Waals surface area contributed by atoms with Crippen LogP contribution in [0.1, 0.15) is 35.9 Å². The summed E-state index contributed by atoms with van der Waals surface area (Å²) in [5, 5.41) is 10.6. The van der Waals surface area contributed by atoms with Crippen LogP contribution in [0.2, 0.25) is 0 Å². The first kappa shape index (κ1) is 13.4. The minimum absolute atomic E-state index is 0.333. The molecule has 0 radical (unpaired) electrons. The molecule has 0 bridgehead atoms. The molecule has 2 N–H and O–H groups in total. The van der Waals surface area contributed by atoms with Crippen LogP contribution >= 0.6 is 0 Å². The Hall–Kier alpha value is -1.59. The summed E-state index contributed by atoms with van der Waals surface area (Å²) in [7, 11) is 0. The molecular weight excluding hydrogens is 252 g/mol. The molecule has 1 atom stereocenters. The molecule has 0 amide bonds. The van der Waals surface area contributed by atoms with E-state index in [-0.39, 0.29) is 0 Å². The molecule has 5 heteroatoms. The van der Waals surface area contributed by atoms with Crippen molar-refractivity contribution in [2.75, 3.05) is 19.6 Å². The molecule has 1 aliphatic rings. The van der Waals surface area contributed by atoms with E-state index in [1.165, 1.54) is 18.4 Å². The van der Waals surface area contributed by atoms with Crippen molar-refractivity contribution in [3.63, 3.8) is 0 Å². The average Bonchev–Trinajstić information content (AvgIpc) is 3.18. The van der Waals surface area contributed by atoms with E-state index in [0.717, 1.165) is 37.6 Å². The molecule has 1 saturated heterocycles. The van der Waals surface area contributed by atoms with Crippen molar-refractivity contribution < 1.29 is 4.42 Å². The highest BCUT2D eigenvalue weighted by Crippen LogP contribution is 2.24. The Balaban J connectivity index is 1.60. The third-order valence-electron chi connectivity index (χ3n) is 4.04. The van der Waals surface area contributed by atoms with Gasteiger partial charge in [-0.05, 0) is 45.0 Å². The Morgan fingerprint density at radius 3 is 2.95 bits per heavy atom. The Kier molecular flexibility index (Phi) is 4.18. The van der Waals surface area contributed by atoms with Crippen LogP contribution in [0.25, 0.3) is 0 Å². The number of likely N-dealkylation sites (tertiary alicyclic amines) is 1. The lowest BCUT2D eigenvalue weighted by Gasteiger charge is -2.26. The van der Waals surface area contributed by atoms with E-state index >= 15 is 0 Å². The van der Waals surface area contributed by atoms with Gasteiger partial charge in [0.15, 0.2) is 0 Å². The summed E-state index contributed by atoms with van der Waals surface area (Å²) in [6.07, 6.45) is 6.23. The maximum Gasteiger partial charge on any atom is 0.122 e. The largest absolute Gasteiger partial charge is 0.468 e. The number of aromatic amines is 1. The van der Waals surface area contributed by atoms with Crippen molar-refractivity contribution in [2.45, 2.75) is 32.4 Å². The molecule has 108 valence electrons. The van der Waals surface area contributed by atoms with Gasteiger partial charge in [-0.3, -0.25) is 10.00 Å². The van der Waals surface area contributed by atoms with Crippen molar-refractivity contribution >= 4 is 0 Å². The normalized spacial score (nSPS) is 17.6. The molecule has 3 heterocycles. The Bertz CT molecular complexity index is 514.